The summed E-state index contributed by atoms with van der Waals surface area (Å²) in [4.78, 5) is 0. The summed E-state index contributed by atoms with van der Waals surface area (Å²) >= 11 is 5.85. The van der Waals surface area contributed by atoms with Gasteiger partial charge in [-0.15, -0.1) is 0 Å². The highest BCUT2D eigenvalue weighted by Crippen LogP contribution is 2.31. The minimum atomic E-state index is -0.195. The maximum Gasteiger partial charge on any atom is 0.0608 e. The van der Waals surface area contributed by atoms with Crippen molar-refractivity contribution in [2.75, 3.05) is 0 Å². The lowest BCUT2D eigenvalue weighted by Gasteiger charge is -2.30. The van der Waals surface area contributed by atoms with Crippen LogP contribution in [0.2, 0.25) is 5.02 Å². The summed E-state index contributed by atoms with van der Waals surface area (Å²) < 4.78 is 0. The van der Waals surface area contributed by atoms with Crippen LogP contribution < -0.4 is 0 Å². The zero-order valence-electron chi connectivity index (χ0n) is 10.4. The first kappa shape index (κ1) is 12.9. The maximum absolute atomic E-state index is 10.3. The molecule has 1 aliphatic rings. The van der Waals surface area contributed by atoms with Gasteiger partial charge in [-0.2, -0.15) is 0 Å². The Labute approximate surface area is 109 Å². The number of halogens is 1. The van der Waals surface area contributed by atoms with Crippen LogP contribution in [0.1, 0.15) is 38.2 Å². The monoisotopic (exact) mass is 252 g/mol. The zero-order chi connectivity index (χ0) is 12.3. The van der Waals surface area contributed by atoms with Crippen molar-refractivity contribution in [2.24, 2.45) is 11.8 Å². The molecule has 1 N–H and O–H groups in total. The van der Waals surface area contributed by atoms with Gasteiger partial charge >= 0.3 is 0 Å². The second-order valence-electron chi connectivity index (χ2n) is 5.43. The maximum atomic E-state index is 10.3. The van der Waals surface area contributed by atoms with Gasteiger partial charge in [0.1, 0.15) is 0 Å². The summed E-state index contributed by atoms with van der Waals surface area (Å²) in [5, 5.41) is 11.0. The normalized spacial score (nSPS) is 26.8. The van der Waals surface area contributed by atoms with Crippen LogP contribution in [0.5, 0.6) is 0 Å². The second-order valence-corrected chi connectivity index (χ2v) is 5.87. The van der Waals surface area contributed by atoms with E-state index in [4.69, 9.17) is 11.6 Å². The Kier molecular flexibility index (Phi) is 4.47. The van der Waals surface area contributed by atoms with Gasteiger partial charge in [-0.25, -0.2) is 0 Å². The summed E-state index contributed by atoms with van der Waals surface area (Å²) in [6.07, 6.45) is 5.51. The summed E-state index contributed by atoms with van der Waals surface area (Å²) in [5.74, 6) is 1.25. The van der Waals surface area contributed by atoms with E-state index >= 15 is 0 Å². The molecular weight excluding hydrogens is 232 g/mol. The Hall–Kier alpha value is -0.530. The third-order valence-corrected chi connectivity index (χ3v) is 4.13. The van der Waals surface area contributed by atoms with Crippen molar-refractivity contribution in [3.63, 3.8) is 0 Å². The van der Waals surface area contributed by atoms with Gasteiger partial charge in [0, 0.05) is 5.02 Å². The number of rotatable bonds is 3. The van der Waals surface area contributed by atoms with Crippen LogP contribution in [0, 0.1) is 11.8 Å². The molecule has 0 bridgehead atoms. The number of hydrogen-bond acceptors (Lipinski definition) is 1. The highest BCUT2D eigenvalue weighted by molar-refractivity contribution is 6.30. The fourth-order valence-corrected chi connectivity index (χ4v) is 2.99. The molecule has 0 saturated heterocycles. The van der Waals surface area contributed by atoms with Gasteiger partial charge in [0.2, 0.25) is 0 Å². The molecule has 0 aliphatic heterocycles. The molecule has 0 amide bonds. The van der Waals surface area contributed by atoms with E-state index in [1.54, 1.807) is 0 Å². The van der Waals surface area contributed by atoms with E-state index in [1.165, 1.54) is 31.2 Å². The van der Waals surface area contributed by atoms with Crippen LogP contribution in [-0.4, -0.2) is 11.2 Å². The quantitative estimate of drug-likeness (QED) is 0.860. The van der Waals surface area contributed by atoms with Gasteiger partial charge in [0.25, 0.3) is 0 Å². The molecule has 2 rings (SSSR count). The fraction of sp³-hybridized carbons (Fsp3) is 0.600. The molecule has 1 saturated carbocycles. The largest absolute Gasteiger partial charge is 0.392 e. The van der Waals surface area contributed by atoms with Crippen molar-refractivity contribution in [3.05, 3.63) is 34.9 Å². The van der Waals surface area contributed by atoms with Crippen LogP contribution >= 0.6 is 11.6 Å². The third kappa shape index (κ3) is 3.72. The molecule has 94 valence electrons. The van der Waals surface area contributed by atoms with Gasteiger partial charge in [-0.05, 0) is 48.8 Å². The number of aliphatic hydroxyl groups excluding tert-OH is 1. The summed E-state index contributed by atoms with van der Waals surface area (Å²) in [7, 11) is 0. The molecule has 1 fully saturated rings. The van der Waals surface area contributed by atoms with Crippen LogP contribution in [0.4, 0.5) is 0 Å². The van der Waals surface area contributed by atoms with E-state index in [1.807, 2.05) is 24.3 Å². The third-order valence-electron chi connectivity index (χ3n) is 3.88. The number of aliphatic hydroxyl groups is 1. The second kappa shape index (κ2) is 5.88. The minimum Gasteiger partial charge on any atom is -0.392 e. The predicted octanol–water partition coefficient (Wildman–Crippen LogP) is 4.07. The first-order valence-corrected chi connectivity index (χ1v) is 6.95. The first-order chi connectivity index (χ1) is 8.15. The van der Waals surface area contributed by atoms with Gasteiger partial charge in [-0.3, -0.25) is 0 Å². The van der Waals surface area contributed by atoms with Crippen molar-refractivity contribution in [1.82, 2.24) is 0 Å². The molecule has 17 heavy (non-hydrogen) atoms. The Morgan fingerprint density at radius 1 is 1.29 bits per heavy atom. The predicted molar refractivity (Wildman–Crippen MR) is 72.3 cm³/mol. The van der Waals surface area contributed by atoms with Crippen molar-refractivity contribution in [3.8, 4) is 0 Å². The minimum absolute atomic E-state index is 0.195. The number of benzene rings is 1. The smallest absolute Gasteiger partial charge is 0.0608 e. The SMILES string of the molecule is CC1CCCC(C(O)Cc2ccc(Cl)cc2)C1. The van der Waals surface area contributed by atoms with E-state index in [2.05, 4.69) is 6.92 Å². The van der Waals surface area contributed by atoms with Gasteiger partial charge in [0.15, 0.2) is 0 Å². The van der Waals surface area contributed by atoms with Crippen molar-refractivity contribution in [2.45, 2.75) is 45.1 Å². The number of hydrogen-bond donors (Lipinski definition) is 1. The van der Waals surface area contributed by atoms with Gasteiger partial charge in [-0.1, -0.05) is 43.5 Å². The highest BCUT2D eigenvalue weighted by atomic mass is 35.5. The molecule has 3 atom stereocenters. The Morgan fingerprint density at radius 2 is 2.00 bits per heavy atom. The van der Waals surface area contributed by atoms with Crippen LogP contribution in [0.3, 0.4) is 0 Å². The average molecular weight is 253 g/mol. The molecule has 0 aromatic heterocycles. The molecule has 2 heteroatoms. The Bertz CT molecular complexity index is 346. The zero-order valence-corrected chi connectivity index (χ0v) is 11.2. The lowest BCUT2D eigenvalue weighted by atomic mass is 9.78. The molecular formula is C15H21ClO. The molecule has 0 spiro atoms. The fourth-order valence-electron chi connectivity index (χ4n) is 2.86. The summed E-state index contributed by atoms with van der Waals surface area (Å²) in [5.41, 5.74) is 1.18. The van der Waals surface area contributed by atoms with E-state index in [0.717, 1.165) is 17.4 Å². The van der Waals surface area contributed by atoms with Crippen LogP contribution in [0.15, 0.2) is 24.3 Å². The molecule has 3 unspecified atom stereocenters. The van der Waals surface area contributed by atoms with E-state index in [-0.39, 0.29) is 6.10 Å². The lowest BCUT2D eigenvalue weighted by Crippen LogP contribution is -2.27. The highest BCUT2D eigenvalue weighted by Gasteiger charge is 2.25. The van der Waals surface area contributed by atoms with Crippen molar-refractivity contribution in [1.29, 1.82) is 0 Å². The first-order valence-electron chi connectivity index (χ1n) is 6.57. The summed E-state index contributed by atoms with van der Waals surface area (Å²) in [6, 6.07) is 7.82. The molecule has 1 aliphatic carbocycles. The van der Waals surface area contributed by atoms with Crippen molar-refractivity contribution >= 4 is 11.6 Å². The summed E-state index contributed by atoms with van der Waals surface area (Å²) in [6.45, 7) is 2.29. The lowest BCUT2D eigenvalue weighted by molar-refractivity contribution is 0.0720. The van der Waals surface area contributed by atoms with E-state index in [0.29, 0.717) is 5.92 Å². The Balaban J connectivity index is 1.91. The standard InChI is InChI=1S/C15H21ClO/c1-11-3-2-4-13(9-11)15(17)10-12-5-7-14(16)8-6-12/h5-8,11,13,15,17H,2-4,9-10H2,1H3. The molecule has 1 aromatic carbocycles. The molecule has 0 radical (unpaired) electrons. The molecule has 1 nitrogen and oxygen atoms in total. The van der Waals surface area contributed by atoms with Crippen LogP contribution in [-0.2, 0) is 6.42 Å². The topological polar surface area (TPSA) is 20.2 Å². The van der Waals surface area contributed by atoms with Crippen molar-refractivity contribution < 1.29 is 5.11 Å². The van der Waals surface area contributed by atoms with Gasteiger partial charge < -0.3 is 5.11 Å². The van der Waals surface area contributed by atoms with Gasteiger partial charge in [0.05, 0.1) is 6.10 Å². The Morgan fingerprint density at radius 3 is 2.65 bits per heavy atom. The van der Waals surface area contributed by atoms with E-state index < -0.39 is 0 Å². The van der Waals surface area contributed by atoms with E-state index in [9.17, 15) is 5.11 Å². The van der Waals surface area contributed by atoms with Crippen LogP contribution in [0.25, 0.3) is 0 Å². The average Bonchev–Trinajstić information content (AvgIpc) is 2.32. The molecule has 0 heterocycles. The molecule has 1 aromatic rings.